The maximum Gasteiger partial charge on any atom is 0.253 e. The van der Waals surface area contributed by atoms with Crippen LogP contribution in [-0.2, 0) is 4.74 Å². The van der Waals surface area contributed by atoms with Crippen molar-refractivity contribution in [2.24, 2.45) is 0 Å². The molecule has 0 saturated carbocycles. The normalized spacial score (nSPS) is 9.93. The maximum absolute atomic E-state index is 11.6. The molecule has 15 heavy (non-hydrogen) atoms. The number of rotatable bonds is 5. The lowest BCUT2D eigenvalue weighted by Gasteiger charge is -2.06. The molecule has 0 heterocycles. The molecule has 0 radical (unpaired) electrons. The Morgan fingerprint density at radius 3 is 2.87 bits per heavy atom. The lowest BCUT2D eigenvalue weighted by molar-refractivity contribution is 0.0923. The van der Waals surface area contributed by atoms with E-state index in [0.29, 0.717) is 31.0 Å². The molecule has 0 aromatic heterocycles. The molecule has 0 fully saturated rings. The van der Waals surface area contributed by atoms with E-state index in [1.165, 1.54) is 0 Å². The zero-order chi connectivity index (χ0) is 11.1. The Hall–Kier alpha value is -1.55. The number of carbonyl (C=O) groups excluding carboxylic acids is 1. The molecule has 0 aliphatic heterocycles. The van der Waals surface area contributed by atoms with E-state index in [2.05, 4.69) is 5.32 Å². The van der Waals surface area contributed by atoms with Crippen LogP contribution < -0.4 is 11.1 Å². The molecule has 0 spiro atoms. The van der Waals surface area contributed by atoms with Crippen molar-refractivity contribution in [2.75, 3.05) is 25.5 Å². The number of hydrogen-bond donors (Lipinski definition) is 2. The minimum atomic E-state index is -0.159. The third-order valence-corrected chi connectivity index (χ3v) is 1.94. The fraction of sp³-hybridized carbons (Fsp3) is 0.364. The van der Waals surface area contributed by atoms with Gasteiger partial charge in [-0.25, -0.2) is 0 Å². The SMILES string of the molecule is CCOCCNC(=O)c1ccccc1N. The van der Waals surface area contributed by atoms with Gasteiger partial charge in [-0.15, -0.1) is 0 Å². The Labute approximate surface area is 89.4 Å². The highest BCUT2D eigenvalue weighted by atomic mass is 16.5. The number of nitrogens with two attached hydrogens (primary N) is 1. The van der Waals surface area contributed by atoms with E-state index in [-0.39, 0.29) is 5.91 Å². The van der Waals surface area contributed by atoms with Gasteiger partial charge in [0.25, 0.3) is 5.91 Å². The van der Waals surface area contributed by atoms with Gasteiger partial charge in [0.2, 0.25) is 0 Å². The fourth-order valence-electron chi connectivity index (χ4n) is 1.18. The molecular formula is C11H16N2O2. The van der Waals surface area contributed by atoms with Crippen molar-refractivity contribution in [1.82, 2.24) is 5.32 Å². The molecule has 1 rings (SSSR count). The molecular weight excluding hydrogens is 192 g/mol. The molecule has 0 aliphatic carbocycles. The van der Waals surface area contributed by atoms with Crippen molar-refractivity contribution >= 4 is 11.6 Å². The van der Waals surface area contributed by atoms with Crippen LogP contribution in [0.5, 0.6) is 0 Å². The number of nitrogens with one attached hydrogen (secondary N) is 1. The highest BCUT2D eigenvalue weighted by Crippen LogP contribution is 2.09. The average molecular weight is 208 g/mol. The van der Waals surface area contributed by atoms with Crippen molar-refractivity contribution in [2.45, 2.75) is 6.92 Å². The Bertz CT molecular complexity index is 326. The van der Waals surface area contributed by atoms with E-state index in [1.807, 2.05) is 6.92 Å². The third kappa shape index (κ3) is 3.59. The Morgan fingerprint density at radius 1 is 1.47 bits per heavy atom. The van der Waals surface area contributed by atoms with E-state index in [0.717, 1.165) is 0 Å². The summed E-state index contributed by atoms with van der Waals surface area (Å²) in [6, 6.07) is 6.99. The predicted molar refractivity (Wildman–Crippen MR) is 59.7 cm³/mol. The largest absolute Gasteiger partial charge is 0.398 e. The van der Waals surface area contributed by atoms with E-state index in [4.69, 9.17) is 10.5 Å². The number of ether oxygens (including phenoxy) is 1. The lowest BCUT2D eigenvalue weighted by Crippen LogP contribution is -2.27. The van der Waals surface area contributed by atoms with Gasteiger partial charge in [-0.3, -0.25) is 4.79 Å². The molecule has 1 aromatic carbocycles. The van der Waals surface area contributed by atoms with Crippen LogP contribution in [0, 0.1) is 0 Å². The second-order valence-corrected chi connectivity index (χ2v) is 3.04. The Kier molecular flexibility index (Phi) is 4.63. The molecule has 1 amide bonds. The van der Waals surface area contributed by atoms with Crippen LogP contribution in [-0.4, -0.2) is 25.7 Å². The Balaban J connectivity index is 2.44. The van der Waals surface area contributed by atoms with Crippen LogP contribution in [0.25, 0.3) is 0 Å². The first-order chi connectivity index (χ1) is 7.25. The van der Waals surface area contributed by atoms with Gasteiger partial charge < -0.3 is 15.8 Å². The van der Waals surface area contributed by atoms with Gasteiger partial charge in [-0.05, 0) is 19.1 Å². The van der Waals surface area contributed by atoms with E-state index in [1.54, 1.807) is 24.3 Å². The summed E-state index contributed by atoms with van der Waals surface area (Å²) in [4.78, 5) is 11.6. The first-order valence-corrected chi connectivity index (χ1v) is 4.96. The van der Waals surface area contributed by atoms with Gasteiger partial charge in [0.1, 0.15) is 0 Å². The minimum absolute atomic E-state index is 0.159. The zero-order valence-corrected chi connectivity index (χ0v) is 8.82. The summed E-state index contributed by atoms with van der Waals surface area (Å²) in [5, 5.41) is 2.73. The van der Waals surface area contributed by atoms with Crippen molar-refractivity contribution in [3.63, 3.8) is 0 Å². The number of para-hydroxylation sites is 1. The smallest absolute Gasteiger partial charge is 0.253 e. The second kappa shape index (κ2) is 6.03. The number of benzene rings is 1. The van der Waals surface area contributed by atoms with E-state index in [9.17, 15) is 4.79 Å². The predicted octanol–water partition coefficient (Wildman–Crippen LogP) is 1.04. The Morgan fingerprint density at radius 2 is 2.20 bits per heavy atom. The maximum atomic E-state index is 11.6. The molecule has 4 heteroatoms. The quantitative estimate of drug-likeness (QED) is 0.561. The number of nitrogen functional groups attached to an aromatic ring is 1. The molecule has 0 unspecified atom stereocenters. The monoisotopic (exact) mass is 208 g/mol. The highest BCUT2D eigenvalue weighted by Gasteiger charge is 2.06. The lowest BCUT2D eigenvalue weighted by atomic mass is 10.2. The van der Waals surface area contributed by atoms with Gasteiger partial charge in [0, 0.05) is 18.8 Å². The summed E-state index contributed by atoms with van der Waals surface area (Å²) in [6.45, 7) is 3.59. The molecule has 3 N–H and O–H groups in total. The van der Waals surface area contributed by atoms with E-state index >= 15 is 0 Å². The first kappa shape index (κ1) is 11.5. The summed E-state index contributed by atoms with van der Waals surface area (Å²) >= 11 is 0. The van der Waals surface area contributed by atoms with Crippen molar-refractivity contribution < 1.29 is 9.53 Å². The highest BCUT2D eigenvalue weighted by molar-refractivity contribution is 5.98. The molecule has 0 saturated heterocycles. The molecule has 1 aromatic rings. The second-order valence-electron chi connectivity index (χ2n) is 3.04. The summed E-state index contributed by atoms with van der Waals surface area (Å²) in [6.07, 6.45) is 0. The number of anilines is 1. The summed E-state index contributed by atoms with van der Waals surface area (Å²) in [7, 11) is 0. The summed E-state index contributed by atoms with van der Waals surface area (Å²) in [5.74, 6) is -0.159. The van der Waals surface area contributed by atoms with E-state index < -0.39 is 0 Å². The van der Waals surface area contributed by atoms with Gasteiger partial charge in [0.05, 0.1) is 12.2 Å². The van der Waals surface area contributed by atoms with Crippen molar-refractivity contribution in [3.05, 3.63) is 29.8 Å². The molecule has 0 bridgehead atoms. The van der Waals surface area contributed by atoms with Gasteiger partial charge in [0.15, 0.2) is 0 Å². The topological polar surface area (TPSA) is 64.3 Å². The minimum Gasteiger partial charge on any atom is -0.398 e. The summed E-state index contributed by atoms with van der Waals surface area (Å²) < 4.78 is 5.10. The van der Waals surface area contributed by atoms with Crippen LogP contribution in [0.15, 0.2) is 24.3 Å². The summed E-state index contributed by atoms with van der Waals surface area (Å²) in [5.41, 5.74) is 6.66. The number of carbonyl (C=O) groups is 1. The molecule has 0 aliphatic rings. The fourth-order valence-corrected chi connectivity index (χ4v) is 1.18. The molecule has 0 atom stereocenters. The van der Waals surface area contributed by atoms with Crippen molar-refractivity contribution in [1.29, 1.82) is 0 Å². The number of amides is 1. The standard InChI is InChI=1S/C11H16N2O2/c1-2-15-8-7-13-11(14)9-5-3-4-6-10(9)12/h3-6H,2,7-8,12H2,1H3,(H,13,14). The molecule has 4 nitrogen and oxygen atoms in total. The van der Waals surface area contributed by atoms with Crippen LogP contribution in [0.3, 0.4) is 0 Å². The van der Waals surface area contributed by atoms with Crippen LogP contribution >= 0.6 is 0 Å². The number of hydrogen-bond acceptors (Lipinski definition) is 3. The van der Waals surface area contributed by atoms with Gasteiger partial charge >= 0.3 is 0 Å². The van der Waals surface area contributed by atoms with Gasteiger partial charge in [-0.2, -0.15) is 0 Å². The van der Waals surface area contributed by atoms with Crippen LogP contribution in [0.4, 0.5) is 5.69 Å². The average Bonchev–Trinajstić information content (AvgIpc) is 2.25. The third-order valence-electron chi connectivity index (χ3n) is 1.94. The van der Waals surface area contributed by atoms with Crippen LogP contribution in [0.1, 0.15) is 17.3 Å². The molecule has 82 valence electrons. The van der Waals surface area contributed by atoms with Crippen LogP contribution in [0.2, 0.25) is 0 Å². The van der Waals surface area contributed by atoms with Crippen molar-refractivity contribution in [3.8, 4) is 0 Å². The first-order valence-electron chi connectivity index (χ1n) is 4.96. The zero-order valence-electron chi connectivity index (χ0n) is 8.82. The van der Waals surface area contributed by atoms with Gasteiger partial charge in [-0.1, -0.05) is 12.1 Å².